The predicted molar refractivity (Wildman–Crippen MR) is 254 cm³/mol. The van der Waals surface area contributed by atoms with Crippen molar-refractivity contribution < 1.29 is 0 Å². The molecular formula is C57H37N3O. The van der Waals surface area contributed by atoms with Crippen molar-refractivity contribution in [3.8, 4) is 55.9 Å². The molecule has 0 radical (unpaired) electrons. The Morgan fingerprint density at radius 3 is 1.52 bits per heavy atom. The third-order valence-electron chi connectivity index (χ3n) is 12.2. The van der Waals surface area contributed by atoms with Gasteiger partial charge >= 0.3 is 0 Å². The molecule has 0 saturated heterocycles. The van der Waals surface area contributed by atoms with E-state index in [9.17, 15) is 0 Å². The molecule has 0 aliphatic heterocycles. The number of imidazole rings is 1. The molecule has 0 bridgehead atoms. The number of hydrogen-bond donors (Lipinski definition) is 0. The van der Waals surface area contributed by atoms with Crippen molar-refractivity contribution in [3.05, 3.63) is 235 Å². The minimum atomic E-state index is 0.00423. The third-order valence-corrected chi connectivity index (χ3v) is 12.2. The van der Waals surface area contributed by atoms with Crippen LogP contribution in [0.1, 0.15) is 0 Å². The highest BCUT2D eigenvalue weighted by atomic mass is 16.1. The molecule has 61 heavy (non-hydrogen) atoms. The normalized spacial score (nSPS) is 11.7. The van der Waals surface area contributed by atoms with Crippen LogP contribution in [0.3, 0.4) is 0 Å². The number of benzene rings is 9. The Balaban J connectivity index is 1.16. The van der Waals surface area contributed by atoms with E-state index in [0.717, 1.165) is 78.0 Å². The fourth-order valence-corrected chi connectivity index (χ4v) is 9.43. The first kappa shape index (κ1) is 34.8. The average Bonchev–Trinajstić information content (AvgIpc) is 3.85. The molecule has 0 spiro atoms. The van der Waals surface area contributed by atoms with Gasteiger partial charge in [-0.05, 0) is 112 Å². The van der Waals surface area contributed by atoms with Crippen molar-refractivity contribution in [2.24, 2.45) is 0 Å². The predicted octanol–water partition coefficient (Wildman–Crippen LogP) is 14.2. The minimum absolute atomic E-state index is 0.00423. The van der Waals surface area contributed by atoms with Crippen LogP contribution in [0.5, 0.6) is 0 Å². The topological polar surface area (TPSA) is 31.3 Å². The van der Waals surface area contributed by atoms with Crippen LogP contribution in [0, 0.1) is 0 Å². The van der Waals surface area contributed by atoms with Crippen LogP contribution < -0.4 is 5.43 Å². The molecule has 0 atom stereocenters. The van der Waals surface area contributed by atoms with E-state index < -0.39 is 0 Å². The molecule has 12 rings (SSSR count). The van der Waals surface area contributed by atoms with Crippen molar-refractivity contribution >= 4 is 49.4 Å². The summed E-state index contributed by atoms with van der Waals surface area (Å²) in [6.07, 6.45) is 0. The van der Waals surface area contributed by atoms with Gasteiger partial charge in [-0.1, -0.05) is 152 Å². The maximum Gasteiger partial charge on any atom is 0.199 e. The van der Waals surface area contributed by atoms with E-state index >= 15 is 4.79 Å². The van der Waals surface area contributed by atoms with Crippen LogP contribution in [0.2, 0.25) is 0 Å². The second kappa shape index (κ2) is 14.0. The fraction of sp³-hybridized carbons (Fsp3) is 0. The molecule has 12 aromatic rings. The Labute approximate surface area is 352 Å². The molecule has 286 valence electrons. The first-order valence-corrected chi connectivity index (χ1v) is 20.7. The number of rotatable bonds is 6. The summed E-state index contributed by atoms with van der Waals surface area (Å²) in [6, 6.07) is 78.8. The zero-order valence-corrected chi connectivity index (χ0v) is 33.1. The van der Waals surface area contributed by atoms with Gasteiger partial charge < -0.3 is 4.57 Å². The van der Waals surface area contributed by atoms with Gasteiger partial charge in [0.25, 0.3) is 0 Å². The standard InChI is InChI=1S/C57H37N3O/c61-56-48-27-11-13-29-51(48)60-54-37-43(42-30-32-52-49(36-42)47-26-10-12-28-50(47)58(52)45-23-8-3-9-24-45)31-33-53(54)59(46-25-15-21-41(35-46)39-18-6-2-7-19-39)57(60)55(56)44-22-14-20-40(34-44)38-16-4-1-5-17-38/h1-37H. The van der Waals surface area contributed by atoms with E-state index in [-0.39, 0.29) is 5.43 Å². The first-order valence-electron chi connectivity index (χ1n) is 20.7. The van der Waals surface area contributed by atoms with E-state index in [2.05, 4.69) is 208 Å². The molecule has 0 aliphatic rings. The highest BCUT2D eigenvalue weighted by Crippen LogP contribution is 2.39. The lowest BCUT2D eigenvalue weighted by atomic mass is 9.98. The van der Waals surface area contributed by atoms with E-state index in [0.29, 0.717) is 10.9 Å². The van der Waals surface area contributed by atoms with Gasteiger partial charge in [-0.25, -0.2) is 0 Å². The van der Waals surface area contributed by atoms with Gasteiger partial charge in [0.05, 0.1) is 33.1 Å². The van der Waals surface area contributed by atoms with Gasteiger partial charge in [0.1, 0.15) is 5.65 Å². The van der Waals surface area contributed by atoms with E-state index in [1.54, 1.807) is 0 Å². The SMILES string of the molecule is O=c1c(-c2cccc(-c3ccccc3)c2)c2n(-c3cccc(-c4ccccc4)c3)c3ccc(-c4ccc5c(c4)c4ccccc4n5-c4ccccc4)cc3n2c2ccccc12. The average molecular weight is 780 g/mol. The van der Waals surface area contributed by atoms with Crippen LogP contribution in [-0.4, -0.2) is 13.5 Å². The second-order valence-corrected chi connectivity index (χ2v) is 15.7. The molecule has 3 aromatic heterocycles. The minimum Gasteiger partial charge on any atom is -0.309 e. The van der Waals surface area contributed by atoms with Crippen molar-refractivity contribution in [1.82, 2.24) is 13.5 Å². The summed E-state index contributed by atoms with van der Waals surface area (Å²) in [4.78, 5) is 15.1. The number of hydrogen-bond acceptors (Lipinski definition) is 1. The molecule has 0 amide bonds. The lowest BCUT2D eigenvalue weighted by Gasteiger charge is -2.14. The zero-order valence-electron chi connectivity index (χ0n) is 33.1. The summed E-state index contributed by atoms with van der Waals surface area (Å²) in [5, 5.41) is 3.09. The highest BCUT2D eigenvalue weighted by molar-refractivity contribution is 6.11. The van der Waals surface area contributed by atoms with E-state index in [1.807, 2.05) is 30.3 Å². The maximum atomic E-state index is 15.1. The van der Waals surface area contributed by atoms with Crippen LogP contribution >= 0.6 is 0 Å². The molecule has 0 aliphatic carbocycles. The Morgan fingerprint density at radius 1 is 0.279 bits per heavy atom. The van der Waals surface area contributed by atoms with Crippen LogP contribution in [0.15, 0.2) is 229 Å². The van der Waals surface area contributed by atoms with Gasteiger partial charge in [-0.2, -0.15) is 0 Å². The number of fused-ring (bicyclic) bond motifs is 8. The molecule has 3 heterocycles. The van der Waals surface area contributed by atoms with Gasteiger partial charge in [-0.3, -0.25) is 13.8 Å². The Bertz CT molecular complexity index is 3710. The quantitative estimate of drug-likeness (QED) is 0.165. The molecule has 0 unspecified atom stereocenters. The first-order chi connectivity index (χ1) is 30.2. The summed E-state index contributed by atoms with van der Waals surface area (Å²) < 4.78 is 6.96. The van der Waals surface area contributed by atoms with E-state index in [4.69, 9.17) is 0 Å². The molecule has 0 saturated carbocycles. The maximum absolute atomic E-state index is 15.1. The fourth-order valence-electron chi connectivity index (χ4n) is 9.43. The molecule has 4 heteroatoms. The Hall–Kier alpha value is -8.21. The molecule has 0 N–H and O–H groups in total. The van der Waals surface area contributed by atoms with Crippen LogP contribution in [-0.2, 0) is 0 Å². The summed E-state index contributed by atoms with van der Waals surface area (Å²) in [6.45, 7) is 0. The lowest BCUT2D eigenvalue weighted by molar-refractivity contribution is 1.13. The summed E-state index contributed by atoms with van der Waals surface area (Å²) in [5.41, 5.74) is 16.3. The van der Waals surface area contributed by atoms with Crippen molar-refractivity contribution in [2.75, 3.05) is 0 Å². The van der Waals surface area contributed by atoms with Gasteiger partial charge in [0.2, 0.25) is 0 Å². The lowest BCUT2D eigenvalue weighted by Crippen LogP contribution is -2.12. The molecular weight excluding hydrogens is 743 g/mol. The number of aromatic nitrogens is 3. The van der Waals surface area contributed by atoms with Crippen LogP contribution in [0.4, 0.5) is 0 Å². The zero-order chi connectivity index (χ0) is 40.4. The second-order valence-electron chi connectivity index (χ2n) is 15.7. The number of pyridine rings is 1. The van der Waals surface area contributed by atoms with Crippen molar-refractivity contribution in [2.45, 2.75) is 0 Å². The van der Waals surface area contributed by atoms with Gasteiger partial charge in [0.15, 0.2) is 5.43 Å². The van der Waals surface area contributed by atoms with Crippen molar-refractivity contribution in [3.63, 3.8) is 0 Å². The summed E-state index contributed by atoms with van der Waals surface area (Å²) >= 11 is 0. The Morgan fingerprint density at radius 2 is 0.787 bits per heavy atom. The van der Waals surface area contributed by atoms with E-state index in [1.165, 1.54) is 16.3 Å². The van der Waals surface area contributed by atoms with Crippen LogP contribution in [0.25, 0.3) is 105 Å². The van der Waals surface area contributed by atoms with Gasteiger partial charge in [0, 0.05) is 27.5 Å². The molecule has 9 aromatic carbocycles. The monoisotopic (exact) mass is 779 g/mol. The molecule has 4 nitrogen and oxygen atoms in total. The molecule has 0 fully saturated rings. The van der Waals surface area contributed by atoms with Gasteiger partial charge in [-0.15, -0.1) is 0 Å². The third kappa shape index (κ3) is 5.57. The van der Waals surface area contributed by atoms with Crippen molar-refractivity contribution in [1.29, 1.82) is 0 Å². The summed E-state index contributed by atoms with van der Waals surface area (Å²) in [7, 11) is 0. The highest BCUT2D eigenvalue weighted by Gasteiger charge is 2.24. The number of para-hydroxylation sites is 3. The number of nitrogens with zero attached hydrogens (tertiary/aromatic N) is 3. The smallest absolute Gasteiger partial charge is 0.199 e. The largest absolute Gasteiger partial charge is 0.309 e. The Kier molecular flexibility index (Phi) is 7.97. The summed E-state index contributed by atoms with van der Waals surface area (Å²) in [5.74, 6) is 0.